The molecule has 3 heteroatoms. The van der Waals surface area contributed by atoms with Gasteiger partial charge < -0.3 is 0 Å². The quantitative estimate of drug-likeness (QED) is 0.239. The highest BCUT2D eigenvalue weighted by atomic mass is 16.1. The Kier molecular flexibility index (Phi) is 3.06. The fraction of sp³-hybridized carbons (Fsp3) is 0. The molecule has 0 saturated carbocycles. The minimum Gasteiger partial charge on any atom is -0.298 e. The third-order valence-electron chi connectivity index (χ3n) is 3.69. The first-order chi connectivity index (χ1) is 9.88. The Labute approximate surface area is 116 Å². The molecule has 0 spiro atoms. The number of rotatable bonds is 1. The zero-order chi connectivity index (χ0) is 14.1. The molecule has 20 heavy (non-hydrogen) atoms. The first-order valence-electron chi connectivity index (χ1n) is 6.33. The molecule has 98 valence electrons. The van der Waals surface area contributed by atoms with Gasteiger partial charge in [-0.3, -0.25) is 16.5 Å². The second-order valence-corrected chi connectivity index (χ2v) is 4.63. The SMILES string of the molecule is NN.O=Cc1ccc2ccc3cccc4ccc1c2c34. The largest absolute Gasteiger partial charge is 0.298 e. The molecule has 4 aromatic rings. The highest BCUT2D eigenvalue weighted by Crippen LogP contribution is 2.35. The Balaban J connectivity index is 0.000000581. The van der Waals surface area contributed by atoms with Gasteiger partial charge in [0.1, 0.15) is 0 Å². The monoisotopic (exact) mass is 262 g/mol. The van der Waals surface area contributed by atoms with E-state index in [0.717, 1.165) is 17.2 Å². The number of nitrogens with two attached hydrogens (primary N) is 2. The molecule has 4 rings (SSSR count). The molecule has 0 unspecified atom stereocenters. The van der Waals surface area contributed by atoms with Gasteiger partial charge >= 0.3 is 0 Å². The van der Waals surface area contributed by atoms with Crippen LogP contribution in [0.5, 0.6) is 0 Å². The molecular formula is C17H14N2O. The molecule has 0 aliphatic rings. The molecule has 0 aliphatic carbocycles. The summed E-state index contributed by atoms with van der Waals surface area (Å²) >= 11 is 0. The van der Waals surface area contributed by atoms with Gasteiger partial charge in [-0.25, -0.2) is 0 Å². The zero-order valence-corrected chi connectivity index (χ0v) is 10.8. The van der Waals surface area contributed by atoms with Gasteiger partial charge in [0.2, 0.25) is 0 Å². The Hall–Kier alpha value is -2.49. The summed E-state index contributed by atoms with van der Waals surface area (Å²) in [5.41, 5.74) is 0.765. The number of hydrogen-bond donors (Lipinski definition) is 2. The van der Waals surface area contributed by atoms with Crippen LogP contribution in [0.2, 0.25) is 0 Å². The molecule has 0 amide bonds. The van der Waals surface area contributed by atoms with Gasteiger partial charge in [0, 0.05) is 5.56 Å². The van der Waals surface area contributed by atoms with Crippen molar-refractivity contribution < 1.29 is 4.79 Å². The maximum atomic E-state index is 11.2. The van der Waals surface area contributed by atoms with Crippen molar-refractivity contribution in [1.29, 1.82) is 0 Å². The molecule has 4 aromatic carbocycles. The fourth-order valence-corrected chi connectivity index (χ4v) is 2.86. The second kappa shape index (κ2) is 4.89. The summed E-state index contributed by atoms with van der Waals surface area (Å²) in [5.74, 6) is 8.00. The Morgan fingerprint density at radius 2 is 1.25 bits per heavy atom. The topological polar surface area (TPSA) is 69.1 Å². The van der Waals surface area contributed by atoms with Crippen molar-refractivity contribution >= 4 is 38.6 Å². The second-order valence-electron chi connectivity index (χ2n) is 4.63. The number of hydrogen-bond acceptors (Lipinski definition) is 3. The van der Waals surface area contributed by atoms with Crippen molar-refractivity contribution in [2.24, 2.45) is 11.7 Å². The number of carbonyl (C=O) groups is 1. The van der Waals surface area contributed by atoms with Crippen LogP contribution in [0.4, 0.5) is 0 Å². The maximum Gasteiger partial charge on any atom is 0.150 e. The van der Waals surface area contributed by atoms with Crippen molar-refractivity contribution in [2.75, 3.05) is 0 Å². The summed E-state index contributed by atoms with van der Waals surface area (Å²) in [4.78, 5) is 11.2. The van der Waals surface area contributed by atoms with Crippen LogP contribution in [-0.4, -0.2) is 6.29 Å². The van der Waals surface area contributed by atoms with E-state index in [2.05, 4.69) is 48.1 Å². The van der Waals surface area contributed by atoms with Gasteiger partial charge in [-0.05, 0) is 32.3 Å². The molecule has 4 N–H and O–H groups in total. The maximum absolute atomic E-state index is 11.2. The highest BCUT2D eigenvalue weighted by Gasteiger charge is 2.09. The predicted molar refractivity (Wildman–Crippen MR) is 83.9 cm³/mol. The van der Waals surface area contributed by atoms with Crippen molar-refractivity contribution in [3.63, 3.8) is 0 Å². The molecule has 0 aliphatic heterocycles. The van der Waals surface area contributed by atoms with E-state index in [4.69, 9.17) is 0 Å². The summed E-state index contributed by atoms with van der Waals surface area (Å²) in [5, 5.41) is 7.17. The van der Waals surface area contributed by atoms with Crippen LogP contribution < -0.4 is 11.7 Å². The summed E-state index contributed by atoms with van der Waals surface area (Å²) in [7, 11) is 0. The van der Waals surface area contributed by atoms with Gasteiger partial charge in [-0.2, -0.15) is 0 Å². The first-order valence-corrected chi connectivity index (χ1v) is 6.33. The molecule has 0 fully saturated rings. The van der Waals surface area contributed by atoms with Gasteiger partial charge in [0.15, 0.2) is 6.29 Å². The van der Waals surface area contributed by atoms with Gasteiger partial charge in [0.05, 0.1) is 0 Å². The zero-order valence-electron chi connectivity index (χ0n) is 10.8. The van der Waals surface area contributed by atoms with E-state index in [1.165, 1.54) is 26.9 Å². The van der Waals surface area contributed by atoms with Crippen LogP contribution in [0, 0.1) is 0 Å². The van der Waals surface area contributed by atoms with Crippen LogP contribution in [0.1, 0.15) is 10.4 Å². The van der Waals surface area contributed by atoms with Crippen molar-refractivity contribution in [3.05, 3.63) is 60.2 Å². The minimum atomic E-state index is 0.765. The number of carbonyl (C=O) groups excluding carboxylic acids is 1. The lowest BCUT2D eigenvalue weighted by Crippen LogP contribution is -2.02. The molecular weight excluding hydrogens is 248 g/mol. The molecule has 0 saturated heterocycles. The van der Waals surface area contributed by atoms with E-state index in [-0.39, 0.29) is 0 Å². The van der Waals surface area contributed by atoms with Crippen LogP contribution in [0.25, 0.3) is 32.3 Å². The Bertz CT molecular complexity index is 883. The van der Waals surface area contributed by atoms with Crippen molar-refractivity contribution in [2.45, 2.75) is 0 Å². The average molecular weight is 262 g/mol. The lowest BCUT2D eigenvalue weighted by Gasteiger charge is -2.11. The summed E-state index contributed by atoms with van der Waals surface area (Å²) < 4.78 is 0. The van der Waals surface area contributed by atoms with Crippen LogP contribution in [-0.2, 0) is 0 Å². The van der Waals surface area contributed by atoms with E-state index in [0.29, 0.717) is 0 Å². The molecule has 0 heterocycles. The van der Waals surface area contributed by atoms with Gasteiger partial charge in [-0.15, -0.1) is 0 Å². The molecule has 3 nitrogen and oxygen atoms in total. The molecule has 0 bridgehead atoms. The normalized spacial score (nSPS) is 10.7. The molecule has 0 radical (unpaired) electrons. The fourth-order valence-electron chi connectivity index (χ4n) is 2.86. The summed E-state index contributed by atoms with van der Waals surface area (Å²) in [6.45, 7) is 0. The number of hydrazine groups is 1. The highest BCUT2D eigenvalue weighted by molar-refractivity contribution is 6.25. The van der Waals surface area contributed by atoms with Crippen molar-refractivity contribution in [3.8, 4) is 0 Å². The smallest absolute Gasteiger partial charge is 0.150 e. The van der Waals surface area contributed by atoms with Gasteiger partial charge in [0.25, 0.3) is 0 Å². The lowest BCUT2D eigenvalue weighted by atomic mass is 9.92. The van der Waals surface area contributed by atoms with E-state index in [1.807, 2.05) is 18.2 Å². The lowest BCUT2D eigenvalue weighted by molar-refractivity contribution is 0.112. The van der Waals surface area contributed by atoms with Gasteiger partial charge in [-0.1, -0.05) is 54.6 Å². The third-order valence-corrected chi connectivity index (χ3v) is 3.69. The average Bonchev–Trinajstić information content (AvgIpc) is 2.54. The summed E-state index contributed by atoms with van der Waals surface area (Å²) in [6, 6.07) is 18.6. The van der Waals surface area contributed by atoms with Crippen LogP contribution in [0.3, 0.4) is 0 Å². The minimum absolute atomic E-state index is 0.765. The number of aldehydes is 1. The number of benzene rings is 4. The van der Waals surface area contributed by atoms with Crippen LogP contribution >= 0.6 is 0 Å². The van der Waals surface area contributed by atoms with E-state index >= 15 is 0 Å². The Morgan fingerprint density at radius 3 is 1.90 bits per heavy atom. The predicted octanol–water partition coefficient (Wildman–Crippen LogP) is 3.22. The first kappa shape index (κ1) is 12.5. The molecule has 0 atom stereocenters. The molecule has 0 aromatic heterocycles. The van der Waals surface area contributed by atoms with E-state index in [1.54, 1.807) is 0 Å². The third kappa shape index (κ3) is 1.65. The van der Waals surface area contributed by atoms with E-state index < -0.39 is 0 Å². The van der Waals surface area contributed by atoms with Crippen LogP contribution in [0.15, 0.2) is 54.6 Å². The summed E-state index contributed by atoms with van der Waals surface area (Å²) in [6.07, 6.45) is 0.936. The Morgan fingerprint density at radius 1 is 0.700 bits per heavy atom. The van der Waals surface area contributed by atoms with Crippen molar-refractivity contribution in [1.82, 2.24) is 0 Å². The van der Waals surface area contributed by atoms with E-state index in [9.17, 15) is 4.79 Å². The standard InChI is InChI=1S/C17H10O.H4N2/c18-10-14-7-6-13-5-4-11-2-1-3-12-8-9-15(14)17(13)16(11)12;1-2/h1-10H;1-2H2.